The molecule has 8 heteroatoms. The number of benzene rings is 3. The maximum absolute atomic E-state index is 12.2. The number of nitrogens with one attached hydrogen (secondary N) is 3. The first kappa shape index (κ1) is 22.9. The summed E-state index contributed by atoms with van der Waals surface area (Å²) in [5.41, 5.74) is 4.02. The summed E-state index contributed by atoms with van der Waals surface area (Å²) in [7, 11) is 1.64. The van der Waals surface area contributed by atoms with Crippen LogP contribution in [0.15, 0.2) is 95.7 Å². The summed E-state index contributed by atoms with van der Waals surface area (Å²) in [4.78, 5) is 20.8. The van der Waals surface area contributed by atoms with Crippen LogP contribution in [0, 0.1) is 0 Å². The average molecular weight is 480 g/mol. The molecule has 0 fully saturated rings. The SMILES string of the molecule is COc1cccc(-c2cc3c(NCCc4ccc(NC(=O)Nc5ccccc5)cc4)ncnc3o2)c1. The number of urea groups is 1. The Kier molecular flexibility index (Phi) is 6.75. The molecule has 0 aliphatic rings. The zero-order chi connectivity index (χ0) is 24.7. The highest BCUT2D eigenvalue weighted by atomic mass is 16.5. The van der Waals surface area contributed by atoms with Crippen molar-refractivity contribution < 1.29 is 13.9 Å². The fourth-order valence-corrected chi connectivity index (χ4v) is 3.81. The van der Waals surface area contributed by atoms with Gasteiger partial charge in [-0.05, 0) is 54.4 Å². The van der Waals surface area contributed by atoms with Crippen LogP contribution in [0.2, 0.25) is 0 Å². The van der Waals surface area contributed by atoms with Crippen LogP contribution in [0.25, 0.3) is 22.4 Å². The summed E-state index contributed by atoms with van der Waals surface area (Å²) in [5.74, 6) is 2.18. The molecule has 180 valence electrons. The number of anilines is 3. The molecule has 0 spiro atoms. The third-order valence-corrected chi connectivity index (χ3v) is 5.63. The van der Waals surface area contributed by atoms with E-state index in [9.17, 15) is 4.79 Å². The van der Waals surface area contributed by atoms with Gasteiger partial charge in [-0.2, -0.15) is 0 Å². The number of furan rings is 1. The zero-order valence-corrected chi connectivity index (χ0v) is 19.7. The van der Waals surface area contributed by atoms with Crippen LogP contribution in [0.3, 0.4) is 0 Å². The van der Waals surface area contributed by atoms with Gasteiger partial charge in [0.15, 0.2) is 0 Å². The second kappa shape index (κ2) is 10.6. The summed E-state index contributed by atoms with van der Waals surface area (Å²) in [5, 5.41) is 9.85. The van der Waals surface area contributed by atoms with Crippen molar-refractivity contribution in [1.82, 2.24) is 9.97 Å². The van der Waals surface area contributed by atoms with Crippen molar-refractivity contribution in [2.75, 3.05) is 29.6 Å². The minimum Gasteiger partial charge on any atom is -0.497 e. The lowest BCUT2D eigenvalue weighted by Gasteiger charge is -2.09. The largest absolute Gasteiger partial charge is 0.497 e. The fourth-order valence-electron chi connectivity index (χ4n) is 3.81. The van der Waals surface area contributed by atoms with E-state index in [0.29, 0.717) is 23.8 Å². The van der Waals surface area contributed by atoms with Gasteiger partial charge in [-0.3, -0.25) is 0 Å². The summed E-state index contributed by atoms with van der Waals surface area (Å²) in [6.07, 6.45) is 2.27. The van der Waals surface area contributed by atoms with E-state index in [1.54, 1.807) is 7.11 Å². The Bertz CT molecular complexity index is 1470. The van der Waals surface area contributed by atoms with Crippen LogP contribution >= 0.6 is 0 Å². The number of hydrogen-bond acceptors (Lipinski definition) is 6. The lowest BCUT2D eigenvalue weighted by atomic mass is 10.1. The number of methoxy groups -OCH3 is 1. The number of hydrogen-bond donors (Lipinski definition) is 3. The topological polar surface area (TPSA) is 101 Å². The van der Waals surface area contributed by atoms with Gasteiger partial charge in [0.05, 0.1) is 12.5 Å². The van der Waals surface area contributed by atoms with Gasteiger partial charge in [-0.1, -0.05) is 42.5 Å². The van der Waals surface area contributed by atoms with Crippen molar-refractivity contribution in [3.05, 3.63) is 96.8 Å². The Morgan fingerprint density at radius 2 is 1.67 bits per heavy atom. The van der Waals surface area contributed by atoms with E-state index in [4.69, 9.17) is 9.15 Å². The number of carbonyl (C=O) groups excluding carboxylic acids is 1. The van der Waals surface area contributed by atoms with E-state index in [1.807, 2.05) is 84.9 Å². The molecular formula is C28H25N5O3. The molecule has 2 aromatic heterocycles. The molecule has 8 nitrogen and oxygen atoms in total. The molecular weight excluding hydrogens is 454 g/mol. The minimum absolute atomic E-state index is 0.281. The zero-order valence-electron chi connectivity index (χ0n) is 19.7. The highest BCUT2D eigenvalue weighted by Crippen LogP contribution is 2.31. The summed E-state index contributed by atoms with van der Waals surface area (Å²) in [6, 6.07) is 26.4. The van der Waals surface area contributed by atoms with E-state index < -0.39 is 0 Å². The first-order valence-corrected chi connectivity index (χ1v) is 11.5. The summed E-state index contributed by atoms with van der Waals surface area (Å²) < 4.78 is 11.3. The molecule has 0 bridgehead atoms. The van der Waals surface area contributed by atoms with E-state index in [2.05, 4.69) is 25.9 Å². The highest BCUT2D eigenvalue weighted by Gasteiger charge is 2.12. The number of aromatic nitrogens is 2. The van der Waals surface area contributed by atoms with Gasteiger partial charge in [-0.25, -0.2) is 14.8 Å². The highest BCUT2D eigenvalue weighted by molar-refractivity contribution is 5.99. The van der Waals surface area contributed by atoms with E-state index in [0.717, 1.165) is 40.1 Å². The Morgan fingerprint density at radius 1 is 0.889 bits per heavy atom. The van der Waals surface area contributed by atoms with Crippen molar-refractivity contribution in [3.8, 4) is 17.1 Å². The third-order valence-electron chi connectivity index (χ3n) is 5.63. The van der Waals surface area contributed by atoms with Crippen LogP contribution in [0.1, 0.15) is 5.56 Å². The van der Waals surface area contributed by atoms with Gasteiger partial charge in [0.25, 0.3) is 0 Å². The molecule has 5 aromatic rings. The molecule has 0 unspecified atom stereocenters. The number of fused-ring (bicyclic) bond motifs is 1. The maximum Gasteiger partial charge on any atom is 0.323 e. The van der Waals surface area contributed by atoms with Crippen molar-refractivity contribution in [2.24, 2.45) is 0 Å². The van der Waals surface area contributed by atoms with Crippen molar-refractivity contribution in [3.63, 3.8) is 0 Å². The normalized spacial score (nSPS) is 10.7. The number of rotatable bonds is 8. The molecule has 0 radical (unpaired) electrons. The van der Waals surface area contributed by atoms with E-state index in [-0.39, 0.29) is 6.03 Å². The van der Waals surface area contributed by atoms with Crippen LogP contribution in [0.5, 0.6) is 5.75 Å². The predicted molar refractivity (Wildman–Crippen MR) is 142 cm³/mol. The predicted octanol–water partition coefficient (Wildman–Crippen LogP) is 6.20. The minimum atomic E-state index is -0.281. The van der Waals surface area contributed by atoms with Crippen LogP contribution in [-0.2, 0) is 6.42 Å². The lowest BCUT2D eigenvalue weighted by molar-refractivity contribution is 0.262. The van der Waals surface area contributed by atoms with Gasteiger partial charge in [0.1, 0.15) is 23.7 Å². The van der Waals surface area contributed by atoms with Crippen LogP contribution in [0.4, 0.5) is 22.0 Å². The van der Waals surface area contributed by atoms with Gasteiger partial charge < -0.3 is 25.1 Å². The Labute approximate surface area is 208 Å². The van der Waals surface area contributed by atoms with Gasteiger partial charge in [0.2, 0.25) is 5.71 Å². The van der Waals surface area contributed by atoms with Crippen molar-refractivity contribution in [1.29, 1.82) is 0 Å². The summed E-state index contributed by atoms with van der Waals surface area (Å²) in [6.45, 7) is 0.674. The van der Waals surface area contributed by atoms with Gasteiger partial charge in [0, 0.05) is 23.5 Å². The average Bonchev–Trinajstić information content (AvgIpc) is 3.36. The molecule has 0 atom stereocenters. The van der Waals surface area contributed by atoms with E-state index >= 15 is 0 Å². The van der Waals surface area contributed by atoms with Crippen LogP contribution in [-0.4, -0.2) is 29.7 Å². The molecule has 2 amide bonds. The Morgan fingerprint density at radius 3 is 2.44 bits per heavy atom. The molecule has 5 rings (SSSR count). The smallest absolute Gasteiger partial charge is 0.323 e. The standard InChI is InChI=1S/C28H25N5O3/c1-35-23-9-5-6-20(16-23)25-17-24-26(30-18-31-27(24)36-25)29-15-14-19-10-12-22(13-11-19)33-28(34)32-21-7-3-2-4-8-21/h2-13,16-18H,14-15H2,1H3,(H,29,30,31)(H2,32,33,34). The third kappa shape index (κ3) is 5.44. The Hall–Kier alpha value is -4.85. The molecule has 3 aromatic carbocycles. The number of amides is 2. The first-order valence-electron chi connectivity index (χ1n) is 11.5. The molecule has 2 heterocycles. The number of carbonyl (C=O) groups is 1. The van der Waals surface area contributed by atoms with Gasteiger partial charge in [-0.15, -0.1) is 0 Å². The van der Waals surface area contributed by atoms with Gasteiger partial charge >= 0.3 is 6.03 Å². The second-order valence-corrected chi connectivity index (χ2v) is 8.10. The monoisotopic (exact) mass is 479 g/mol. The molecule has 0 saturated carbocycles. The van der Waals surface area contributed by atoms with Crippen molar-refractivity contribution in [2.45, 2.75) is 6.42 Å². The first-order chi connectivity index (χ1) is 17.7. The number of para-hydroxylation sites is 1. The maximum atomic E-state index is 12.2. The van der Waals surface area contributed by atoms with Crippen LogP contribution < -0.4 is 20.7 Å². The Balaban J connectivity index is 1.19. The molecule has 0 saturated heterocycles. The van der Waals surface area contributed by atoms with Crippen molar-refractivity contribution >= 4 is 34.3 Å². The molecule has 0 aliphatic heterocycles. The quantitative estimate of drug-likeness (QED) is 0.245. The molecule has 0 aliphatic carbocycles. The fraction of sp³-hybridized carbons (Fsp3) is 0.107. The number of ether oxygens (including phenoxy) is 1. The lowest BCUT2D eigenvalue weighted by Crippen LogP contribution is -2.19. The molecule has 36 heavy (non-hydrogen) atoms. The molecule has 3 N–H and O–H groups in total. The van der Waals surface area contributed by atoms with E-state index in [1.165, 1.54) is 6.33 Å². The second-order valence-electron chi connectivity index (χ2n) is 8.10. The summed E-state index contributed by atoms with van der Waals surface area (Å²) >= 11 is 0. The number of nitrogens with zero attached hydrogens (tertiary/aromatic N) is 2.